The van der Waals surface area contributed by atoms with Crippen molar-refractivity contribution in [3.63, 3.8) is 0 Å². The molecule has 0 bridgehead atoms. The van der Waals surface area contributed by atoms with Crippen LogP contribution in [0.3, 0.4) is 0 Å². The Bertz CT molecular complexity index is 635. The smallest absolute Gasteiger partial charge is 0.341 e. The van der Waals surface area contributed by atoms with E-state index in [1.807, 2.05) is 0 Å². The summed E-state index contributed by atoms with van der Waals surface area (Å²) in [5, 5.41) is 8.90. The van der Waals surface area contributed by atoms with Crippen molar-refractivity contribution in [3.8, 4) is 0 Å². The van der Waals surface area contributed by atoms with Crippen molar-refractivity contribution < 1.29 is 9.90 Å². The van der Waals surface area contributed by atoms with Gasteiger partial charge in [-0.05, 0) is 13.0 Å². The van der Waals surface area contributed by atoms with E-state index in [2.05, 4.69) is 9.97 Å². The van der Waals surface area contributed by atoms with Gasteiger partial charge in [0, 0.05) is 30.4 Å². The lowest BCUT2D eigenvalue weighted by Gasteiger charge is -2.10. The van der Waals surface area contributed by atoms with E-state index in [0.29, 0.717) is 18.1 Å². The number of hydrogen-bond acceptors (Lipinski definition) is 4. The molecule has 0 atom stereocenters. The lowest BCUT2D eigenvalue weighted by atomic mass is 10.2. The lowest BCUT2D eigenvalue weighted by Crippen LogP contribution is -2.19. The van der Waals surface area contributed by atoms with Crippen molar-refractivity contribution in [2.24, 2.45) is 0 Å². The van der Waals surface area contributed by atoms with E-state index >= 15 is 0 Å². The van der Waals surface area contributed by atoms with Crippen LogP contribution in [0.2, 0.25) is 0 Å². The van der Waals surface area contributed by atoms with E-state index in [-0.39, 0.29) is 5.56 Å². The second-order valence-electron chi connectivity index (χ2n) is 3.79. The second kappa shape index (κ2) is 4.79. The molecule has 0 radical (unpaired) electrons. The summed E-state index contributed by atoms with van der Waals surface area (Å²) >= 11 is 0. The first-order valence-corrected chi connectivity index (χ1v) is 5.28. The third-order valence-electron chi connectivity index (χ3n) is 2.50. The van der Waals surface area contributed by atoms with E-state index in [1.165, 1.54) is 12.3 Å². The number of nitrogens with zero attached hydrogens (tertiary/aromatic N) is 3. The van der Waals surface area contributed by atoms with Gasteiger partial charge in [-0.3, -0.25) is 4.79 Å². The molecule has 6 heteroatoms. The normalized spacial score (nSPS) is 10.3. The minimum Gasteiger partial charge on any atom is -0.477 e. The van der Waals surface area contributed by atoms with Gasteiger partial charge >= 0.3 is 5.97 Å². The zero-order valence-corrected chi connectivity index (χ0v) is 9.70. The van der Waals surface area contributed by atoms with Crippen molar-refractivity contribution in [3.05, 3.63) is 58.0 Å². The number of aryl methyl sites for hydroxylation is 1. The van der Waals surface area contributed by atoms with Crippen LogP contribution in [-0.4, -0.2) is 25.6 Å². The van der Waals surface area contributed by atoms with Crippen LogP contribution >= 0.6 is 0 Å². The Morgan fingerprint density at radius 2 is 2.06 bits per heavy atom. The van der Waals surface area contributed by atoms with Crippen molar-refractivity contribution in [2.45, 2.75) is 13.5 Å². The molecule has 0 aromatic carbocycles. The van der Waals surface area contributed by atoms with E-state index in [1.54, 1.807) is 30.0 Å². The van der Waals surface area contributed by atoms with E-state index in [4.69, 9.17) is 5.11 Å². The summed E-state index contributed by atoms with van der Waals surface area (Å²) < 4.78 is 1.64. The number of pyridine rings is 1. The highest BCUT2D eigenvalue weighted by Gasteiger charge is 2.11. The molecular weight excluding hydrogens is 234 g/mol. The first-order valence-electron chi connectivity index (χ1n) is 5.28. The Morgan fingerprint density at radius 1 is 1.39 bits per heavy atom. The molecule has 92 valence electrons. The molecule has 0 saturated carbocycles. The van der Waals surface area contributed by atoms with Gasteiger partial charge in [0.25, 0.3) is 0 Å². The van der Waals surface area contributed by atoms with Gasteiger partial charge in [0.1, 0.15) is 11.4 Å². The molecule has 2 heterocycles. The standard InChI is InChI=1S/C12H11N3O3/c1-8-5-10(16)9(12(17)18)6-15(8)7-11-13-3-2-4-14-11/h2-6H,7H2,1H3,(H,17,18). The van der Waals surface area contributed by atoms with Gasteiger partial charge in [-0.1, -0.05) is 0 Å². The quantitative estimate of drug-likeness (QED) is 0.860. The summed E-state index contributed by atoms with van der Waals surface area (Å²) in [5.41, 5.74) is -0.0841. The predicted molar refractivity (Wildman–Crippen MR) is 63.5 cm³/mol. The third kappa shape index (κ3) is 2.42. The molecule has 0 aliphatic heterocycles. The highest BCUT2D eigenvalue weighted by molar-refractivity contribution is 5.87. The average molecular weight is 245 g/mol. The summed E-state index contributed by atoms with van der Waals surface area (Å²) in [6.45, 7) is 2.06. The van der Waals surface area contributed by atoms with Crippen LogP contribution in [0.25, 0.3) is 0 Å². The maximum absolute atomic E-state index is 11.5. The molecule has 0 fully saturated rings. The van der Waals surface area contributed by atoms with Gasteiger partial charge in [-0.25, -0.2) is 14.8 Å². The van der Waals surface area contributed by atoms with E-state index in [0.717, 1.165) is 0 Å². The van der Waals surface area contributed by atoms with Crippen molar-refractivity contribution >= 4 is 5.97 Å². The van der Waals surface area contributed by atoms with E-state index < -0.39 is 11.4 Å². The maximum atomic E-state index is 11.5. The highest BCUT2D eigenvalue weighted by Crippen LogP contribution is 2.02. The minimum absolute atomic E-state index is 0.253. The second-order valence-corrected chi connectivity index (χ2v) is 3.79. The lowest BCUT2D eigenvalue weighted by molar-refractivity contribution is 0.0694. The molecule has 18 heavy (non-hydrogen) atoms. The fraction of sp³-hybridized carbons (Fsp3) is 0.167. The summed E-state index contributed by atoms with van der Waals surface area (Å²) in [4.78, 5) is 30.5. The summed E-state index contributed by atoms with van der Waals surface area (Å²) in [5.74, 6) is -0.677. The van der Waals surface area contributed by atoms with Crippen molar-refractivity contribution in [1.29, 1.82) is 0 Å². The van der Waals surface area contributed by atoms with Gasteiger partial charge < -0.3 is 9.67 Å². The largest absolute Gasteiger partial charge is 0.477 e. The molecule has 2 aromatic heterocycles. The van der Waals surface area contributed by atoms with Crippen LogP contribution in [-0.2, 0) is 6.54 Å². The zero-order valence-electron chi connectivity index (χ0n) is 9.70. The Kier molecular flexibility index (Phi) is 3.18. The topological polar surface area (TPSA) is 85.1 Å². The van der Waals surface area contributed by atoms with E-state index in [9.17, 15) is 9.59 Å². The maximum Gasteiger partial charge on any atom is 0.341 e. The molecule has 0 saturated heterocycles. The monoisotopic (exact) mass is 245 g/mol. The Balaban J connectivity index is 2.42. The minimum atomic E-state index is -1.23. The Morgan fingerprint density at radius 3 is 2.67 bits per heavy atom. The highest BCUT2D eigenvalue weighted by atomic mass is 16.4. The number of aromatic nitrogens is 3. The van der Waals surface area contributed by atoms with Gasteiger partial charge in [-0.15, -0.1) is 0 Å². The molecular formula is C12H11N3O3. The van der Waals surface area contributed by atoms with Crippen LogP contribution < -0.4 is 5.43 Å². The first kappa shape index (κ1) is 12.0. The fourth-order valence-electron chi connectivity index (χ4n) is 1.57. The van der Waals surface area contributed by atoms with Crippen LogP contribution in [0, 0.1) is 6.92 Å². The molecule has 0 amide bonds. The summed E-state index contributed by atoms with van der Waals surface area (Å²) in [6, 6.07) is 3.00. The van der Waals surface area contributed by atoms with Gasteiger partial charge in [0.15, 0.2) is 5.43 Å². The average Bonchev–Trinajstić information content (AvgIpc) is 2.33. The van der Waals surface area contributed by atoms with Gasteiger partial charge in [-0.2, -0.15) is 0 Å². The molecule has 0 unspecified atom stereocenters. The molecule has 0 aliphatic rings. The Labute approximate surface area is 103 Å². The van der Waals surface area contributed by atoms with Crippen molar-refractivity contribution in [2.75, 3.05) is 0 Å². The number of carboxylic acid groups (broad SMARTS) is 1. The zero-order chi connectivity index (χ0) is 13.1. The summed E-state index contributed by atoms with van der Waals surface area (Å²) in [6.07, 6.45) is 4.53. The fourth-order valence-corrected chi connectivity index (χ4v) is 1.57. The summed E-state index contributed by atoms with van der Waals surface area (Å²) in [7, 11) is 0. The van der Waals surface area contributed by atoms with Crippen LogP contribution in [0.1, 0.15) is 21.9 Å². The van der Waals surface area contributed by atoms with Crippen molar-refractivity contribution in [1.82, 2.24) is 14.5 Å². The molecule has 0 aliphatic carbocycles. The predicted octanol–water partition coefficient (Wildman–Crippen LogP) is 0.693. The van der Waals surface area contributed by atoms with Crippen LogP contribution in [0.15, 0.2) is 35.5 Å². The molecule has 2 rings (SSSR count). The third-order valence-corrected chi connectivity index (χ3v) is 2.50. The van der Waals surface area contributed by atoms with Gasteiger partial charge in [0.2, 0.25) is 0 Å². The SMILES string of the molecule is Cc1cc(=O)c(C(=O)O)cn1Cc1ncccn1. The molecule has 2 aromatic rings. The number of rotatable bonds is 3. The number of carboxylic acids is 1. The Hall–Kier alpha value is -2.50. The number of aromatic carboxylic acids is 1. The van der Waals surface area contributed by atoms with Gasteiger partial charge in [0.05, 0.1) is 6.54 Å². The van der Waals surface area contributed by atoms with Crippen LogP contribution in [0.5, 0.6) is 0 Å². The molecule has 1 N–H and O–H groups in total. The number of carbonyl (C=O) groups is 1. The molecule has 0 spiro atoms. The number of hydrogen-bond donors (Lipinski definition) is 1. The van der Waals surface area contributed by atoms with Crippen LogP contribution in [0.4, 0.5) is 0 Å². The first-order chi connectivity index (χ1) is 8.58. The molecule has 6 nitrogen and oxygen atoms in total.